The molecule has 2 spiro atoms. The lowest BCUT2D eigenvalue weighted by Crippen LogP contribution is -2.33. The molecule has 2 aliphatic carbocycles. The molecule has 8 heterocycles. The number of fused-ring (bicyclic) bond motifs is 6. The molecule has 4 aromatic heterocycles. The Bertz CT molecular complexity index is 2050. The van der Waals surface area contributed by atoms with Gasteiger partial charge in [-0.3, -0.25) is 9.13 Å². The molecule has 4 saturated heterocycles. The van der Waals surface area contributed by atoms with Gasteiger partial charge in [-0.2, -0.15) is 0 Å². The molecule has 0 aromatic carbocycles. The molecule has 19 heteroatoms. The van der Waals surface area contributed by atoms with E-state index in [1.54, 1.807) is 12.7 Å². The molecule has 4 aliphatic heterocycles. The molecule has 10 atom stereocenters. The summed E-state index contributed by atoms with van der Waals surface area (Å²) >= 11 is 0. The van der Waals surface area contributed by atoms with Gasteiger partial charge in [-0.25, -0.2) is 29.9 Å². The van der Waals surface area contributed by atoms with Crippen LogP contribution in [-0.4, -0.2) is 92.8 Å². The van der Waals surface area contributed by atoms with Crippen molar-refractivity contribution in [2.24, 2.45) is 17.0 Å². The van der Waals surface area contributed by atoms with Crippen LogP contribution in [0.3, 0.4) is 0 Å². The highest BCUT2D eigenvalue weighted by atomic mass is 16.8. The average molecular weight is 690 g/mol. The van der Waals surface area contributed by atoms with Gasteiger partial charge >= 0.3 is 0 Å². The van der Waals surface area contributed by atoms with Crippen molar-refractivity contribution >= 4 is 34.0 Å². The Balaban J connectivity index is 0.000000135. The lowest BCUT2D eigenvalue weighted by atomic mass is 10.1. The average Bonchev–Trinajstić information content (AvgIpc) is 3.41. The van der Waals surface area contributed by atoms with Gasteiger partial charge in [-0.1, -0.05) is 18.5 Å². The van der Waals surface area contributed by atoms with Crippen LogP contribution in [0.4, 0.5) is 11.6 Å². The zero-order chi connectivity index (χ0) is 34.8. The highest BCUT2D eigenvalue weighted by Gasteiger charge is 2.74. The predicted octanol–water partition coefficient (Wildman–Crippen LogP) is 3.15. The summed E-state index contributed by atoms with van der Waals surface area (Å²) in [7, 11) is 0. The number of aromatic nitrogens is 8. The maximum atomic E-state index is 8.61. The van der Waals surface area contributed by atoms with E-state index in [9.17, 15) is 0 Å². The molecule has 2 saturated carbocycles. The molecule has 6 aliphatic rings. The molecule has 6 fully saturated rings. The van der Waals surface area contributed by atoms with Crippen LogP contribution in [0.15, 0.2) is 30.4 Å². The third-order valence-electron chi connectivity index (χ3n) is 10.8. The number of anilines is 2. The lowest BCUT2D eigenvalue weighted by Gasteiger charge is -2.25. The molecule has 4 aromatic rings. The van der Waals surface area contributed by atoms with Crippen molar-refractivity contribution in [3.05, 3.63) is 35.8 Å². The lowest BCUT2D eigenvalue weighted by molar-refractivity contribution is -0.203. The van der Waals surface area contributed by atoms with Crippen LogP contribution < -0.4 is 11.5 Å². The van der Waals surface area contributed by atoms with Crippen LogP contribution >= 0.6 is 0 Å². The van der Waals surface area contributed by atoms with Gasteiger partial charge < -0.3 is 39.9 Å². The molecule has 0 amide bonds. The summed E-state index contributed by atoms with van der Waals surface area (Å²) in [6, 6.07) is 0. The normalized spacial score (nSPS) is 38.3. The Morgan fingerprint density at radius 2 is 1.22 bits per heavy atom. The van der Waals surface area contributed by atoms with Crippen LogP contribution in [0, 0.1) is 11.8 Å². The number of nitrogen functional groups attached to an aromatic ring is 2. The maximum Gasteiger partial charge on any atom is 0.167 e. The van der Waals surface area contributed by atoms with Gasteiger partial charge in [0.15, 0.2) is 47.0 Å². The number of hydrogen-bond acceptors (Lipinski definition) is 15. The van der Waals surface area contributed by atoms with Crippen molar-refractivity contribution < 1.29 is 28.4 Å². The monoisotopic (exact) mass is 689 g/mol. The Morgan fingerprint density at radius 3 is 1.68 bits per heavy atom. The third kappa shape index (κ3) is 4.61. The number of azide groups is 1. The number of ether oxygens (including phenoxy) is 6. The van der Waals surface area contributed by atoms with Gasteiger partial charge in [0.05, 0.1) is 12.7 Å². The third-order valence-corrected chi connectivity index (χ3v) is 10.8. The van der Waals surface area contributed by atoms with Crippen molar-refractivity contribution in [2.75, 3.05) is 18.0 Å². The molecule has 2 unspecified atom stereocenters. The van der Waals surface area contributed by atoms with E-state index in [2.05, 4.69) is 46.9 Å². The molecule has 19 nitrogen and oxygen atoms in total. The Kier molecular flexibility index (Phi) is 6.75. The van der Waals surface area contributed by atoms with Crippen LogP contribution in [0.5, 0.6) is 0 Å². The van der Waals surface area contributed by atoms with Gasteiger partial charge in [-0.05, 0) is 57.9 Å². The minimum absolute atomic E-state index is 0.0703. The van der Waals surface area contributed by atoms with Crippen molar-refractivity contribution in [1.82, 2.24) is 39.0 Å². The first-order chi connectivity index (χ1) is 23.9. The van der Waals surface area contributed by atoms with Gasteiger partial charge in [0.25, 0.3) is 0 Å². The number of imidazole rings is 2. The van der Waals surface area contributed by atoms with Gasteiger partial charge in [0.1, 0.15) is 59.3 Å². The first kappa shape index (κ1) is 31.7. The van der Waals surface area contributed by atoms with E-state index in [1.165, 1.54) is 12.7 Å². The zero-order valence-electron chi connectivity index (χ0n) is 28.3. The van der Waals surface area contributed by atoms with Gasteiger partial charge in [0.2, 0.25) is 0 Å². The molecular formula is C31H39N13O6. The fourth-order valence-electron chi connectivity index (χ4n) is 8.49. The predicted molar refractivity (Wildman–Crippen MR) is 173 cm³/mol. The van der Waals surface area contributed by atoms with Crippen molar-refractivity contribution in [1.29, 1.82) is 0 Å². The summed E-state index contributed by atoms with van der Waals surface area (Å²) in [5, 5.41) is 3.70. The number of hydrogen-bond donors (Lipinski definition) is 2. The highest BCUT2D eigenvalue weighted by Crippen LogP contribution is 2.64. The molecular weight excluding hydrogens is 650 g/mol. The molecule has 0 bridgehead atoms. The Hall–Kier alpha value is -4.23. The van der Waals surface area contributed by atoms with E-state index >= 15 is 0 Å². The minimum Gasteiger partial charge on any atom is -0.382 e. The molecule has 0 radical (unpaired) electrons. The summed E-state index contributed by atoms with van der Waals surface area (Å²) in [6.07, 6.45) is 7.39. The second kappa shape index (κ2) is 10.6. The number of nitrogens with zero attached hydrogens (tertiary/aromatic N) is 11. The quantitative estimate of drug-likeness (QED) is 0.174. The second-order valence-electron chi connectivity index (χ2n) is 14.8. The topological polar surface area (TPSA) is 243 Å². The van der Waals surface area contributed by atoms with Crippen molar-refractivity contribution in [3.63, 3.8) is 0 Å². The summed E-state index contributed by atoms with van der Waals surface area (Å²) in [5.74, 6) is -0.0556. The fourth-order valence-corrected chi connectivity index (χ4v) is 8.49. The standard InChI is InChI=1S/C16H21N5O3.C15H18N8O3/c1-4-8-5-16(8)11-10(22-15(2,3)23-11)14(24-16)21-7-20-9-12(17)18-6-19-13(9)21;1-14(2)24-9-10(25-14)15(3-7(15)4-21-22-17)26-13(9)23-6-20-8-11(16)18-5-19-12(8)23/h6-8,10-11,14H,4-5H2,1-3H3,(H2,17,18,19);5-7,9-10,13H,3-4H2,1-2H3,(H2,16,18,19)/t8-,10?,11-,14-,16-;7-,9?,10+,13+,15+/m10/s1. The van der Waals surface area contributed by atoms with Crippen LogP contribution in [0.1, 0.15) is 66.3 Å². The van der Waals surface area contributed by atoms with E-state index in [4.69, 9.17) is 45.4 Å². The van der Waals surface area contributed by atoms with E-state index in [1.807, 2.05) is 36.8 Å². The van der Waals surface area contributed by atoms with E-state index in [0.29, 0.717) is 46.4 Å². The molecule has 50 heavy (non-hydrogen) atoms. The molecule has 4 N–H and O–H groups in total. The molecule has 10 rings (SSSR count). The summed E-state index contributed by atoms with van der Waals surface area (Å²) in [4.78, 5) is 28.1. The van der Waals surface area contributed by atoms with Crippen LogP contribution in [0.2, 0.25) is 0 Å². The van der Waals surface area contributed by atoms with Gasteiger partial charge in [0, 0.05) is 11.5 Å². The number of nitrogens with two attached hydrogens (primary N) is 2. The maximum absolute atomic E-state index is 8.61. The van der Waals surface area contributed by atoms with E-state index in [-0.39, 0.29) is 42.2 Å². The fraction of sp³-hybridized carbons (Fsp3) is 0.677. The van der Waals surface area contributed by atoms with Crippen LogP contribution in [-0.2, 0) is 28.4 Å². The zero-order valence-corrected chi connectivity index (χ0v) is 28.3. The summed E-state index contributed by atoms with van der Waals surface area (Å²) in [6.45, 7) is 10.2. The van der Waals surface area contributed by atoms with Gasteiger partial charge in [-0.15, -0.1) is 0 Å². The van der Waals surface area contributed by atoms with E-state index < -0.39 is 23.4 Å². The Morgan fingerprint density at radius 1 is 0.740 bits per heavy atom. The smallest absolute Gasteiger partial charge is 0.167 e. The minimum atomic E-state index is -0.722. The largest absolute Gasteiger partial charge is 0.382 e. The number of rotatable bonds is 5. The first-order valence-corrected chi connectivity index (χ1v) is 16.8. The van der Waals surface area contributed by atoms with E-state index in [0.717, 1.165) is 19.3 Å². The Labute approximate surface area is 285 Å². The van der Waals surface area contributed by atoms with Crippen molar-refractivity contribution in [3.8, 4) is 0 Å². The van der Waals surface area contributed by atoms with Crippen molar-refractivity contribution in [2.45, 2.75) is 114 Å². The first-order valence-electron chi connectivity index (χ1n) is 16.8. The highest BCUT2D eigenvalue weighted by molar-refractivity contribution is 5.81. The second-order valence-corrected chi connectivity index (χ2v) is 14.8. The van der Waals surface area contributed by atoms with Crippen LogP contribution in [0.25, 0.3) is 32.8 Å². The summed E-state index contributed by atoms with van der Waals surface area (Å²) < 4.78 is 41.3. The summed E-state index contributed by atoms with van der Waals surface area (Å²) in [5.41, 5.74) is 22.0. The molecule has 264 valence electrons. The SMILES string of the molecule is CC1(C)OC2[C@H](n3cnc4c(N)ncnc43)O[C@@]3(C[C@H]3CN=[N+]=[N-])[C@@H]2O1.CC[C@@H]1C[C@@]12O[C@@H](n1cnc3c(N)ncnc31)C1OC(C)(C)O[C@H]12.